The van der Waals surface area contributed by atoms with Gasteiger partial charge in [0.05, 0.1) is 32.9 Å². The fourth-order valence-corrected chi connectivity index (χ4v) is 3.84. The number of halogens is 1. The Morgan fingerprint density at radius 3 is 1.79 bits per heavy atom. The van der Waals surface area contributed by atoms with E-state index in [9.17, 15) is 14.4 Å². The first-order chi connectivity index (χ1) is 25.1. The lowest BCUT2D eigenvalue weighted by Gasteiger charge is -2.12. The van der Waals surface area contributed by atoms with Crippen LogP contribution in [-0.2, 0) is 42.2 Å². The van der Waals surface area contributed by atoms with Gasteiger partial charge in [0.1, 0.15) is 0 Å². The van der Waals surface area contributed by atoms with Crippen LogP contribution in [0.4, 0.5) is 0 Å². The second-order valence-corrected chi connectivity index (χ2v) is 10.1. The molecule has 0 aliphatic rings. The highest BCUT2D eigenvalue weighted by atomic mass is 79.9. The maximum absolute atomic E-state index is 11.5. The van der Waals surface area contributed by atoms with Crippen LogP contribution in [0.3, 0.4) is 0 Å². The summed E-state index contributed by atoms with van der Waals surface area (Å²) < 4.78 is 15.3. The fourth-order valence-electron chi connectivity index (χ4n) is 3.46. The molecule has 0 saturated heterocycles. The molecule has 0 saturated carbocycles. The highest BCUT2D eigenvalue weighted by molar-refractivity contribution is 9.08. The number of nitrogens with zero attached hydrogens (tertiary/aromatic N) is 8. The third-order valence-corrected chi connectivity index (χ3v) is 6.34. The van der Waals surface area contributed by atoms with E-state index < -0.39 is 23.7 Å². The number of aromatic nitrogens is 4. The minimum absolute atomic E-state index is 0. The quantitative estimate of drug-likeness (QED) is 0.0253. The number of hydrazine groups is 1. The largest absolute Gasteiger partial charge is 0.460 e. The summed E-state index contributed by atoms with van der Waals surface area (Å²) in [6, 6.07) is 29.4. The van der Waals surface area contributed by atoms with Gasteiger partial charge in [-0.1, -0.05) is 120 Å². The van der Waals surface area contributed by atoms with Crippen LogP contribution < -0.4 is 17.4 Å². The first kappa shape index (κ1) is 46.9. The summed E-state index contributed by atoms with van der Waals surface area (Å²) in [5, 5.41) is 29.2. The molecule has 0 atom stereocenters. The number of carbonyl (C=O) groups is 3. The zero-order valence-corrected chi connectivity index (χ0v) is 30.6. The van der Waals surface area contributed by atoms with E-state index in [1.807, 2.05) is 78.9 Å². The van der Waals surface area contributed by atoms with Crippen LogP contribution in [0.15, 0.2) is 106 Å². The number of benzene rings is 3. The molecule has 4 rings (SSSR count). The molecule has 288 valence electrons. The lowest BCUT2D eigenvalue weighted by molar-refractivity contribution is -0.136. The van der Waals surface area contributed by atoms with Gasteiger partial charge in [-0.2, -0.15) is 0 Å². The SMILES string of the molecule is BrCc1ccccc1.C.CCOC(=O)/C(N)=N/N(N)Cc1ccccc1.CCOC(=O)C(=N)N=NN.CCOC(=O)c1nnnn1Cc1ccccc1.[HH]. The number of hydrogen-bond donors (Lipinski definition) is 4. The molecule has 0 amide bonds. The number of hydrazone groups is 1. The minimum Gasteiger partial charge on any atom is -0.460 e. The van der Waals surface area contributed by atoms with Crippen molar-refractivity contribution in [3.63, 3.8) is 0 Å². The average molecular weight is 802 g/mol. The van der Waals surface area contributed by atoms with E-state index in [4.69, 9.17) is 21.7 Å². The van der Waals surface area contributed by atoms with Gasteiger partial charge in [0.2, 0.25) is 5.84 Å². The van der Waals surface area contributed by atoms with Crippen molar-refractivity contribution in [3.8, 4) is 0 Å². The van der Waals surface area contributed by atoms with Crippen LogP contribution in [0.5, 0.6) is 0 Å². The normalized spacial score (nSPS) is 10.0. The molecule has 0 aliphatic carbocycles. The Balaban J connectivity index is 0. The predicted molar refractivity (Wildman–Crippen MR) is 205 cm³/mol. The number of hydrogen-bond acceptors (Lipinski definition) is 14. The number of nitrogens with one attached hydrogen (secondary N) is 1. The van der Waals surface area contributed by atoms with Gasteiger partial charge in [-0.05, 0) is 47.9 Å². The summed E-state index contributed by atoms with van der Waals surface area (Å²) >= 11 is 3.36. The molecule has 19 heteroatoms. The smallest absolute Gasteiger partial charge is 0.378 e. The molecule has 0 spiro atoms. The zero-order chi connectivity index (χ0) is 38.6. The van der Waals surface area contributed by atoms with E-state index in [0.717, 1.165) is 21.6 Å². The molecule has 0 fully saturated rings. The van der Waals surface area contributed by atoms with Crippen molar-refractivity contribution < 1.29 is 30.0 Å². The van der Waals surface area contributed by atoms with Crippen molar-refractivity contribution in [3.05, 3.63) is 114 Å². The van der Waals surface area contributed by atoms with Crippen LogP contribution in [0.1, 0.15) is 56.9 Å². The molecule has 0 aliphatic heterocycles. The topological polar surface area (TPSA) is 265 Å². The van der Waals surface area contributed by atoms with E-state index in [-0.39, 0.29) is 33.7 Å². The number of carbonyl (C=O) groups excluding carboxylic acids is 3. The minimum atomic E-state index is -0.822. The Morgan fingerprint density at radius 2 is 1.32 bits per heavy atom. The average Bonchev–Trinajstić information content (AvgIpc) is 3.62. The molecule has 1 aromatic heterocycles. The number of rotatable bonds is 10. The van der Waals surface area contributed by atoms with Crippen LogP contribution in [0.25, 0.3) is 0 Å². The molecular weight excluding hydrogens is 752 g/mol. The summed E-state index contributed by atoms with van der Waals surface area (Å²) in [6.45, 7) is 6.63. The lowest BCUT2D eigenvalue weighted by atomic mass is 10.2. The molecular formula is C34H49BrN12O6. The van der Waals surface area contributed by atoms with Crippen molar-refractivity contribution in [2.75, 3.05) is 19.8 Å². The first-order valence-corrected chi connectivity index (χ1v) is 16.7. The van der Waals surface area contributed by atoms with Gasteiger partial charge >= 0.3 is 17.9 Å². The second-order valence-electron chi connectivity index (χ2n) is 9.56. The van der Waals surface area contributed by atoms with Crippen LogP contribution in [-0.4, -0.2) is 74.7 Å². The third kappa shape index (κ3) is 20.4. The molecule has 4 aromatic rings. The van der Waals surface area contributed by atoms with E-state index in [2.05, 4.69) is 74.3 Å². The monoisotopic (exact) mass is 800 g/mol. The molecule has 1 heterocycles. The Kier molecular flexibility index (Phi) is 25.3. The highest BCUT2D eigenvalue weighted by Gasteiger charge is 2.16. The lowest BCUT2D eigenvalue weighted by Crippen LogP contribution is -2.33. The highest BCUT2D eigenvalue weighted by Crippen LogP contribution is 2.05. The summed E-state index contributed by atoms with van der Waals surface area (Å²) in [7, 11) is 0. The van der Waals surface area contributed by atoms with Crippen molar-refractivity contribution in [1.82, 2.24) is 25.3 Å². The zero-order valence-electron chi connectivity index (χ0n) is 29.0. The summed E-state index contributed by atoms with van der Waals surface area (Å²) in [4.78, 5) is 33.2. The summed E-state index contributed by atoms with van der Waals surface area (Å²) in [5.74, 6) is 7.44. The van der Waals surface area contributed by atoms with Gasteiger partial charge in [0.25, 0.3) is 11.7 Å². The first-order valence-electron chi connectivity index (χ1n) is 15.6. The van der Waals surface area contributed by atoms with Gasteiger partial charge in [-0.3, -0.25) is 5.41 Å². The summed E-state index contributed by atoms with van der Waals surface area (Å²) in [5.41, 5.74) is 8.72. The van der Waals surface area contributed by atoms with E-state index >= 15 is 0 Å². The van der Waals surface area contributed by atoms with Crippen LogP contribution >= 0.6 is 15.9 Å². The van der Waals surface area contributed by atoms with E-state index in [1.54, 1.807) is 20.8 Å². The Labute approximate surface area is 318 Å². The van der Waals surface area contributed by atoms with Crippen molar-refractivity contribution in [2.45, 2.75) is 46.6 Å². The van der Waals surface area contributed by atoms with E-state index in [0.29, 0.717) is 19.7 Å². The summed E-state index contributed by atoms with van der Waals surface area (Å²) in [6.07, 6.45) is 0. The predicted octanol–water partition coefficient (Wildman–Crippen LogP) is 4.41. The Morgan fingerprint density at radius 1 is 0.830 bits per heavy atom. The number of amidine groups is 2. The molecule has 0 radical (unpaired) electrons. The molecule has 18 nitrogen and oxygen atoms in total. The second kappa shape index (κ2) is 28.6. The van der Waals surface area contributed by atoms with Gasteiger partial charge in [-0.15, -0.1) is 15.3 Å². The number of esters is 3. The van der Waals surface area contributed by atoms with Gasteiger partial charge < -0.3 is 25.8 Å². The number of ether oxygens (including phenoxy) is 3. The molecule has 7 N–H and O–H groups in total. The van der Waals surface area contributed by atoms with Gasteiger partial charge in [-0.25, -0.2) is 30.0 Å². The number of alkyl halides is 1. The Hall–Kier alpha value is -6.08. The molecule has 3 aromatic carbocycles. The van der Waals surface area contributed by atoms with E-state index in [1.165, 1.54) is 10.2 Å². The van der Waals surface area contributed by atoms with Gasteiger partial charge in [0.15, 0.2) is 0 Å². The number of tetrazole rings is 1. The third-order valence-electron chi connectivity index (χ3n) is 5.70. The van der Waals surface area contributed by atoms with Gasteiger partial charge in [0, 0.05) is 6.76 Å². The fraction of sp³-hybridized carbons (Fsp3) is 0.294. The van der Waals surface area contributed by atoms with Crippen LogP contribution in [0.2, 0.25) is 0 Å². The van der Waals surface area contributed by atoms with Crippen LogP contribution in [0, 0.1) is 5.41 Å². The molecule has 0 unspecified atom stereocenters. The van der Waals surface area contributed by atoms with Crippen molar-refractivity contribution in [1.29, 1.82) is 5.41 Å². The standard InChI is InChI=1S/C11H12N4O2.C11H16N4O2.C7H7Br.C4H8N4O2.CH4.H2/c1-2-17-11(16)10-12-13-14-15(10)8-9-6-4-3-5-7-9;1-2-17-11(16)10(12)14-15(13)8-9-6-4-3-5-7-9;8-6-7-4-2-1-3-5-7;1-2-10-4(9)3(5)7-8-6;;/h3-7H,2,8H2,1H3;3-7H,2,8,13H2,1H3,(H2,12,14);1-5H,6H2;2H2,1H3,(H3,5,6,7);1H4;1H. The van der Waals surface area contributed by atoms with Crippen molar-refractivity contribution in [2.24, 2.45) is 32.9 Å². The maximum Gasteiger partial charge on any atom is 0.378 e. The molecule has 0 bridgehead atoms. The Bertz CT molecular complexity index is 1680. The van der Waals surface area contributed by atoms with Crippen molar-refractivity contribution >= 4 is 45.5 Å². The molecule has 53 heavy (non-hydrogen) atoms. The maximum atomic E-state index is 11.5. The number of nitrogens with two attached hydrogens (primary N) is 3.